The average molecular weight is 381 g/mol. The highest BCUT2D eigenvalue weighted by Gasteiger charge is 2.23. The predicted octanol–water partition coefficient (Wildman–Crippen LogP) is 1.51. The standard InChI is InChI=1S/C9H12N6O3S4/c1-4(2)5(16)10-6-11-14-9(21-6)22(17,18)15-7-12-13-8(19-3)20-7/h4H,1-3H3,(H,12,15)(H,10,11,16). The smallest absolute Gasteiger partial charge is 0.293 e. The number of thioether (sulfide) groups is 1. The van der Waals surface area contributed by atoms with Crippen LogP contribution in [-0.2, 0) is 14.8 Å². The normalized spacial score (nSPS) is 11.6. The van der Waals surface area contributed by atoms with Crippen molar-refractivity contribution in [3.63, 3.8) is 0 Å². The Balaban J connectivity index is 2.13. The van der Waals surface area contributed by atoms with Crippen LogP contribution in [0.4, 0.5) is 10.3 Å². The van der Waals surface area contributed by atoms with Crippen molar-refractivity contribution < 1.29 is 13.2 Å². The summed E-state index contributed by atoms with van der Waals surface area (Å²) < 4.78 is 27.0. The van der Waals surface area contributed by atoms with Gasteiger partial charge in [0.05, 0.1) is 0 Å². The first kappa shape index (κ1) is 17.1. The Labute approximate surface area is 139 Å². The van der Waals surface area contributed by atoms with E-state index in [1.54, 1.807) is 13.8 Å². The van der Waals surface area contributed by atoms with E-state index in [4.69, 9.17) is 0 Å². The molecular weight excluding hydrogens is 368 g/mol. The third-order valence-electron chi connectivity index (χ3n) is 2.19. The maximum absolute atomic E-state index is 12.1. The minimum absolute atomic E-state index is 0.126. The van der Waals surface area contributed by atoms with Gasteiger partial charge in [0.25, 0.3) is 14.4 Å². The Morgan fingerprint density at radius 3 is 2.41 bits per heavy atom. The molecule has 2 aromatic heterocycles. The Bertz CT molecular complexity index is 768. The second-order valence-corrected chi connectivity index (χ2v) is 9.06. The summed E-state index contributed by atoms with van der Waals surface area (Å²) in [4.78, 5) is 11.5. The zero-order valence-corrected chi connectivity index (χ0v) is 15.0. The molecule has 0 atom stereocenters. The van der Waals surface area contributed by atoms with Crippen molar-refractivity contribution in [1.29, 1.82) is 0 Å². The molecule has 0 spiro atoms. The monoisotopic (exact) mass is 380 g/mol. The van der Waals surface area contributed by atoms with Crippen molar-refractivity contribution in [2.45, 2.75) is 22.5 Å². The molecule has 13 heteroatoms. The summed E-state index contributed by atoms with van der Waals surface area (Å²) in [5.74, 6) is -0.504. The first-order valence-corrected chi connectivity index (χ1v) is 10.2. The zero-order chi connectivity index (χ0) is 16.3. The van der Waals surface area contributed by atoms with Crippen molar-refractivity contribution in [2.75, 3.05) is 16.3 Å². The molecule has 120 valence electrons. The van der Waals surface area contributed by atoms with Crippen LogP contribution in [0.15, 0.2) is 8.68 Å². The summed E-state index contributed by atoms with van der Waals surface area (Å²) in [6.07, 6.45) is 1.81. The summed E-state index contributed by atoms with van der Waals surface area (Å²) >= 11 is 3.24. The van der Waals surface area contributed by atoms with E-state index >= 15 is 0 Å². The van der Waals surface area contributed by atoms with Crippen LogP contribution in [0.1, 0.15) is 13.8 Å². The molecule has 1 amide bonds. The number of carbonyl (C=O) groups is 1. The first-order chi connectivity index (χ1) is 10.3. The number of nitrogens with zero attached hydrogens (tertiary/aromatic N) is 4. The number of hydrogen-bond donors (Lipinski definition) is 2. The highest BCUT2D eigenvalue weighted by molar-refractivity contribution is 8.00. The minimum Gasteiger partial charge on any atom is -0.300 e. The van der Waals surface area contributed by atoms with E-state index in [1.807, 2.05) is 6.26 Å². The number of nitrogens with one attached hydrogen (secondary N) is 2. The molecule has 2 rings (SSSR count). The number of hydrogen-bond acceptors (Lipinski definition) is 10. The van der Waals surface area contributed by atoms with Gasteiger partial charge >= 0.3 is 0 Å². The van der Waals surface area contributed by atoms with Gasteiger partial charge in [0.15, 0.2) is 4.34 Å². The molecule has 0 aliphatic rings. The second-order valence-electron chi connectivity index (χ2n) is 4.20. The summed E-state index contributed by atoms with van der Waals surface area (Å²) in [6.45, 7) is 3.43. The lowest BCUT2D eigenvalue weighted by atomic mass is 10.2. The second kappa shape index (κ2) is 6.85. The number of rotatable bonds is 6. The van der Waals surface area contributed by atoms with Gasteiger partial charge in [-0.05, 0) is 6.26 Å². The van der Waals surface area contributed by atoms with Gasteiger partial charge in [-0.3, -0.25) is 9.52 Å². The van der Waals surface area contributed by atoms with Gasteiger partial charge < -0.3 is 5.32 Å². The number of anilines is 2. The summed E-state index contributed by atoms with van der Waals surface area (Å²) in [7, 11) is -3.90. The maximum Gasteiger partial charge on any atom is 0.293 e. The summed E-state index contributed by atoms with van der Waals surface area (Å²) in [5.41, 5.74) is 0. The Kier molecular flexibility index (Phi) is 5.31. The molecule has 0 aliphatic heterocycles. The summed E-state index contributed by atoms with van der Waals surface area (Å²) in [6, 6.07) is 0. The first-order valence-electron chi connectivity index (χ1n) is 5.86. The number of sulfonamides is 1. The molecule has 9 nitrogen and oxygen atoms in total. The van der Waals surface area contributed by atoms with E-state index in [1.165, 1.54) is 11.8 Å². The molecule has 2 N–H and O–H groups in total. The van der Waals surface area contributed by atoms with E-state index < -0.39 is 10.0 Å². The van der Waals surface area contributed by atoms with Gasteiger partial charge in [0.2, 0.25) is 16.2 Å². The maximum atomic E-state index is 12.1. The number of carbonyl (C=O) groups excluding carboxylic acids is 1. The van der Waals surface area contributed by atoms with Crippen molar-refractivity contribution in [2.24, 2.45) is 5.92 Å². The van der Waals surface area contributed by atoms with Crippen molar-refractivity contribution in [3.05, 3.63) is 0 Å². The highest BCUT2D eigenvalue weighted by atomic mass is 32.2. The number of aromatic nitrogens is 4. The fraction of sp³-hybridized carbons (Fsp3) is 0.444. The van der Waals surface area contributed by atoms with Gasteiger partial charge in [0.1, 0.15) is 0 Å². The van der Waals surface area contributed by atoms with Crippen LogP contribution in [0.2, 0.25) is 0 Å². The molecule has 2 aromatic rings. The molecule has 0 aliphatic carbocycles. The van der Waals surface area contributed by atoms with Crippen molar-refractivity contribution in [1.82, 2.24) is 20.4 Å². The van der Waals surface area contributed by atoms with Crippen LogP contribution in [0, 0.1) is 5.92 Å². The topological polar surface area (TPSA) is 127 Å². The zero-order valence-electron chi connectivity index (χ0n) is 11.7. The molecule has 0 saturated carbocycles. The van der Waals surface area contributed by atoms with Gasteiger partial charge in [-0.2, -0.15) is 8.42 Å². The van der Waals surface area contributed by atoms with Crippen LogP contribution >= 0.6 is 34.4 Å². The van der Waals surface area contributed by atoms with E-state index in [0.717, 1.165) is 22.7 Å². The Morgan fingerprint density at radius 1 is 1.14 bits per heavy atom. The van der Waals surface area contributed by atoms with Gasteiger partial charge in [0, 0.05) is 5.92 Å². The molecule has 0 saturated heterocycles. The van der Waals surface area contributed by atoms with Crippen LogP contribution in [0.25, 0.3) is 0 Å². The van der Waals surface area contributed by atoms with E-state index in [0.29, 0.717) is 4.34 Å². The lowest BCUT2D eigenvalue weighted by molar-refractivity contribution is -0.118. The highest BCUT2D eigenvalue weighted by Crippen LogP contribution is 2.27. The third-order valence-corrected chi connectivity index (χ3v) is 6.68. The summed E-state index contributed by atoms with van der Waals surface area (Å²) in [5, 5.41) is 17.5. The largest absolute Gasteiger partial charge is 0.300 e. The SMILES string of the molecule is CSc1nnc(NS(=O)(=O)c2nnc(NC(=O)C(C)C)s2)s1. The lowest BCUT2D eigenvalue weighted by Crippen LogP contribution is -2.17. The van der Waals surface area contributed by atoms with Gasteiger partial charge in [-0.25, -0.2) is 0 Å². The molecular formula is C9H12N6O3S4. The molecule has 2 heterocycles. The van der Waals surface area contributed by atoms with Gasteiger partial charge in [-0.1, -0.05) is 48.3 Å². The molecule has 0 radical (unpaired) electrons. The van der Waals surface area contributed by atoms with Crippen LogP contribution < -0.4 is 10.0 Å². The van der Waals surface area contributed by atoms with Crippen LogP contribution in [-0.4, -0.2) is 41.0 Å². The van der Waals surface area contributed by atoms with Crippen molar-refractivity contribution >= 4 is 60.6 Å². The fourth-order valence-corrected chi connectivity index (χ4v) is 4.42. The van der Waals surface area contributed by atoms with E-state index in [2.05, 4.69) is 30.4 Å². The van der Waals surface area contributed by atoms with E-state index in [9.17, 15) is 13.2 Å². The third kappa shape index (κ3) is 4.12. The van der Waals surface area contributed by atoms with Gasteiger partial charge in [-0.15, -0.1) is 20.4 Å². The fourth-order valence-electron chi connectivity index (χ4n) is 1.11. The molecule has 0 bridgehead atoms. The molecule has 0 fully saturated rings. The Morgan fingerprint density at radius 2 is 1.82 bits per heavy atom. The average Bonchev–Trinajstić information content (AvgIpc) is 3.07. The van der Waals surface area contributed by atoms with Crippen molar-refractivity contribution in [3.8, 4) is 0 Å². The molecule has 0 aromatic carbocycles. The number of amides is 1. The van der Waals surface area contributed by atoms with Crippen LogP contribution in [0.3, 0.4) is 0 Å². The molecule has 22 heavy (non-hydrogen) atoms. The minimum atomic E-state index is -3.90. The Hall–Kier alpha value is -1.31. The molecule has 0 unspecified atom stereocenters. The lowest BCUT2D eigenvalue weighted by Gasteiger charge is -2.02. The van der Waals surface area contributed by atoms with E-state index in [-0.39, 0.29) is 26.4 Å². The quantitative estimate of drug-likeness (QED) is 0.570. The predicted molar refractivity (Wildman–Crippen MR) is 85.9 cm³/mol. The van der Waals surface area contributed by atoms with Crippen LogP contribution in [0.5, 0.6) is 0 Å².